The number of halogens is 6. The van der Waals surface area contributed by atoms with E-state index in [2.05, 4.69) is 4.74 Å². The minimum absolute atomic E-state index is 0.254. The molecule has 0 aliphatic rings. The summed E-state index contributed by atoms with van der Waals surface area (Å²) in [6.45, 7) is -2.10. The van der Waals surface area contributed by atoms with Crippen LogP contribution in [0.15, 0.2) is 23.4 Å². The monoisotopic (exact) mass is 386 g/mol. The second-order valence-electron chi connectivity index (χ2n) is 4.59. The van der Waals surface area contributed by atoms with E-state index in [1.54, 1.807) is 5.32 Å². The fourth-order valence-corrected chi connectivity index (χ4v) is 1.72. The Hall–Kier alpha value is -2.99. The third-order valence-electron chi connectivity index (χ3n) is 2.76. The van der Waals surface area contributed by atoms with Crippen LogP contribution in [-0.2, 0) is 21.9 Å². The molecule has 1 rings (SSSR count). The highest BCUT2D eigenvalue weighted by atomic mass is 19.4. The van der Waals surface area contributed by atoms with E-state index in [4.69, 9.17) is 0 Å². The number of nitroso groups, excluding NO2 is 1. The van der Waals surface area contributed by atoms with Crippen molar-refractivity contribution in [2.24, 2.45) is 5.18 Å². The van der Waals surface area contributed by atoms with Crippen molar-refractivity contribution in [2.75, 3.05) is 13.2 Å². The van der Waals surface area contributed by atoms with Crippen molar-refractivity contribution in [2.45, 2.75) is 12.4 Å². The average Bonchev–Trinajstić information content (AvgIpc) is 2.55. The van der Waals surface area contributed by atoms with Gasteiger partial charge < -0.3 is 10.1 Å². The molecule has 7 nitrogen and oxygen atoms in total. The fraction of sp³-hybridized carbons (Fsp3) is 0.308. The van der Waals surface area contributed by atoms with E-state index in [1.165, 1.54) is 0 Å². The van der Waals surface area contributed by atoms with Gasteiger partial charge in [-0.2, -0.15) is 26.3 Å². The van der Waals surface area contributed by atoms with Crippen LogP contribution in [0.25, 0.3) is 0 Å². The van der Waals surface area contributed by atoms with Gasteiger partial charge in [-0.3, -0.25) is 4.79 Å². The molecule has 26 heavy (non-hydrogen) atoms. The SMILES string of the molecule is O=NC(=O)NCC(=O)COC(=O)c1c(C(F)(F)F)cccc1C(F)(F)F. The standard InChI is InChI=1S/C13H8F6N2O5/c14-12(15,16)7-2-1-3-8(13(17,18)19)9(7)10(23)26-5-6(22)4-20-11(24)21-25/h1-3H,4-5H2,(H,20,24). The van der Waals surface area contributed by atoms with Gasteiger partial charge in [0.05, 0.1) is 23.2 Å². The van der Waals surface area contributed by atoms with Crippen LogP contribution in [0.4, 0.5) is 31.1 Å². The first-order valence-corrected chi connectivity index (χ1v) is 6.45. The van der Waals surface area contributed by atoms with Crippen molar-refractivity contribution in [1.82, 2.24) is 5.32 Å². The van der Waals surface area contributed by atoms with E-state index >= 15 is 0 Å². The van der Waals surface area contributed by atoms with Gasteiger partial charge in [-0.15, -0.1) is 4.91 Å². The zero-order valence-corrected chi connectivity index (χ0v) is 12.4. The van der Waals surface area contributed by atoms with Gasteiger partial charge in [-0.1, -0.05) is 6.07 Å². The molecule has 0 fully saturated rings. The summed E-state index contributed by atoms with van der Waals surface area (Å²) < 4.78 is 81.5. The van der Waals surface area contributed by atoms with Crippen LogP contribution in [0.5, 0.6) is 0 Å². The Morgan fingerprint density at radius 1 is 1.00 bits per heavy atom. The first kappa shape index (κ1) is 21.1. The predicted octanol–water partition coefficient (Wildman–Crippen LogP) is 2.93. The number of rotatable bonds is 5. The summed E-state index contributed by atoms with van der Waals surface area (Å²) >= 11 is 0. The van der Waals surface area contributed by atoms with Crippen LogP contribution in [-0.4, -0.2) is 30.9 Å². The van der Waals surface area contributed by atoms with Crippen molar-refractivity contribution in [1.29, 1.82) is 0 Å². The van der Waals surface area contributed by atoms with E-state index in [0.29, 0.717) is 6.07 Å². The number of hydrogen-bond acceptors (Lipinski definition) is 5. The Balaban J connectivity index is 3.05. The Morgan fingerprint density at radius 2 is 1.50 bits per heavy atom. The number of amides is 2. The number of nitrogens with one attached hydrogen (secondary N) is 1. The summed E-state index contributed by atoms with van der Waals surface area (Å²) in [6.07, 6.45) is -10.6. The molecule has 2 amide bonds. The van der Waals surface area contributed by atoms with Gasteiger partial charge in [0.1, 0.15) is 0 Å². The Bertz CT molecular complexity index is 696. The molecule has 0 saturated heterocycles. The normalized spacial score (nSPS) is 11.6. The molecule has 142 valence electrons. The number of Topliss-reactive ketones (excluding diaryl/α,β-unsaturated/α-hetero) is 1. The van der Waals surface area contributed by atoms with Crippen molar-refractivity contribution < 1.29 is 45.5 Å². The maximum Gasteiger partial charge on any atom is 0.417 e. The van der Waals surface area contributed by atoms with Crippen LogP contribution >= 0.6 is 0 Å². The van der Waals surface area contributed by atoms with Gasteiger partial charge in [-0.05, 0) is 12.1 Å². The minimum Gasteiger partial charge on any atom is -0.454 e. The summed E-state index contributed by atoms with van der Waals surface area (Å²) in [5, 5.41) is 3.52. The summed E-state index contributed by atoms with van der Waals surface area (Å²) in [5.41, 5.74) is -5.56. The number of carbonyl (C=O) groups excluding carboxylic acids is 3. The Morgan fingerprint density at radius 3 is 1.92 bits per heavy atom. The number of alkyl halides is 6. The Kier molecular flexibility index (Phi) is 6.42. The molecular formula is C13H8F6N2O5. The lowest BCUT2D eigenvalue weighted by atomic mass is 10.00. The summed E-state index contributed by atoms with van der Waals surface area (Å²) in [5.74, 6) is -3.13. The van der Waals surface area contributed by atoms with Crippen LogP contribution in [0.3, 0.4) is 0 Å². The Labute approximate surface area is 140 Å². The van der Waals surface area contributed by atoms with Gasteiger partial charge >= 0.3 is 24.4 Å². The zero-order valence-electron chi connectivity index (χ0n) is 12.4. The molecule has 0 aliphatic carbocycles. The first-order chi connectivity index (χ1) is 11.9. The molecule has 0 aliphatic heterocycles. The van der Waals surface area contributed by atoms with Crippen molar-refractivity contribution in [3.05, 3.63) is 39.8 Å². The summed E-state index contributed by atoms with van der Waals surface area (Å²) in [7, 11) is 0. The highest BCUT2D eigenvalue weighted by Crippen LogP contribution is 2.39. The highest BCUT2D eigenvalue weighted by molar-refractivity contribution is 5.95. The van der Waals surface area contributed by atoms with Gasteiger partial charge in [0.25, 0.3) is 0 Å². The number of esters is 1. The highest BCUT2D eigenvalue weighted by Gasteiger charge is 2.43. The molecule has 1 aromatic rings. The van der Waals surface area contributed by atoms with Crippen molar-refractivity contribution in [3.63, 3.8) is 0 Å². The number of hydrogen-bond donors (Lipinski definition) is 1. The molecule has 1 aromatic carbocycles. The molecule has 0 spiro atoms. The lowest BCUT2D eigenvalue weighted by Gasteiger charge is -2.17. The van der Waals surface area contributed by atoms with E-state index < -0.39 is 60.0 Å². The maximum atomic E-state index is 12.9. The van der Waals surface area contributed by atoms with Gasteiger partial charge in [0.2, 0.25) is 0 Å². The molecule has 0 radical (unpaired) electrons. The molecule has 0 bridgehead atoms. The summed E-state index contributed by atoms with van der Waals surface area (Å²) in [4.78, 5) is 43.3. The predicted molar refractivity (Wildman–Crippen MR) is 70.9 cm³/mol. The smallest absolute Gasteiger partial charge is 0.417 e. The number of urea groups is 1. The van der Waals surface area contributed by atoms with Crippen molar-refractivity contribution >= 4 is 17.8 Å². The van der Waals surface area contributed by atoms with Gasteiger partial charge in [0, 0.05) is 5.18 Å². The van der Waals surface area contributed by atoms with Crippen LogP contribution in [0.1, 0.15) is 21.5 Å². The molecule has 13 heteroatoms. The second-order valence-corrected chi connectivity index (χ2v) is 4.59. The average molecular weight is 386 g/mol. The number of ether oxygens (including phenoxy) is 1. The van der Waals surface area contributed by atoms with Crippen LogP contribution in [0, 0.1) is 4.91 Å². The maximum absolute atomic E-state index is 12.9. The molecule has 0 saturated carbocycles. The van der Waals surface area contributed by atoms with E-state index in [0.717, 1.165) is 0 Å². The number of ketones is 1. The van der Waals surface area contributed by atoms with Crippen LogP contribution < -0.4 is 5.32 Å². The quantitative estimate of drug-likeness (QED) is 0.476. The van der Waals surface area contributed by atoms with Crippen LogP contribution in [0.2, 0.25) is 0 Å². The number of nitrogens with zero attached hydrogens (tertiary/aromatic N) is 1. The molecule has 1 N–H and O–H groups in total. The van der Waals surface area contributed by atoms with E-state index in [9.17, 15) is 45.6 Å². The number of carbonyl (C=O) groups is 3. The lowest BCUT2D eigenvalue weighted by Crippen LogP contribution is -2.30. The summed E-state index contributed by atoms with van der Waals surface area (Å²) in [6, 6.07) is -0.463. The fourth-order valence-electron chi connectivity index (χ4n) is 1.72. The van der Waals surface area contributed by atoms with Gasteiger partial charge in [-0.25, -0.2) is 9.59 Å². The molecule has 0 atom stereocenters. The molecular weight excluding hydrogens is 378 g/mol. The third-order valence-corrected chi connectivity index (χ3v) is 2.76. The van der Waals surface area contributed by atoms with Crippen molar-refractivity contribution in [3.8, 4) is 0 Å². The second kappa shape index (κ2) is 7.93. The lowest BCUT2D eigenvalue weighted by molar-refractivity contribution is -0.144. The third kappa shape index (κ3) is 5.53. The molecule has 0 aromatic heterocycles. The topological polar surface area (TPSA) is 102 Å². The van der Waals surface area contributed by atoms with E-state index in [-0.39, 0.29) is 12.1 Å². The minimum atomic E-state index is -5.29. The largest absolute Gasteiger partial charge is 0.454 e. The number of benzene rings is 1. The van der Waals surface area contributed by atoms with E-state index in [1.807, 2.05) is 5.18 Å². The van der Waals surface area contributed by atoms with Gasteiger partial charge in [0.15, 0.2) is 12.4 Å². The zero-order chi connectivity index (χ0) is 20.1. The first-order valence-electron chi connectivity index (χ1n) is 6.45. The molecule has 0 unspecified atom stereocenters. The molecule has 0 heterocycles.